The SMILES string of the molecule is Cc1nc(C(C)(C)c2ccc(F)cc2)nc(Cl)c1C. The number of hydrogen-bond donors (Lipinski definition) is 0. The van der Waals surface area contributed by atoms with Crippen LogP contribution in [0.15, 0.2) is 24.3 Å². The van der Waals surface area contributed by atoms with E-state index >= 15 is 0 Å². The lowest BCUT2D eigenvalue weighted by atomic mass is 9.83. The Kier molecular flexibility index (Phi) is 3.59. The van der Waals surface area contributed by atoms with Gasteiger partial charge in [-0.1, -0.05) is 23.7 Å². The van der Waals surface area contributed by atoms with E-state index in [-0.39, 0.29) is 5.82 Å². The molecule has 19 heavy (non-hydrogen) atoms. The minimum absolute atomic E-state index is 0.251. The van der Waals surface area contributed by atoms with Crippen molar-refractivity contribution in [1.29, 1.82) is 0 Å². The van der Waals surface area contributed by atoms with Crippen molar-refractivity contribution in [3.05, 3.63) is 57.9 Å². The lowest BCUT2D eigenvalue weighted by Crippen LogP contribution is -2.23. The van der Waals surface area contributed by atoms with Crippen molar-refractivity contribution >= 4 is 11.6 Å². The first-order valence-electron chi connectivity index (χ1n) is 6.09. The summed E-state index contributed by atoms with van der Waals surface area (Å²) in [6.07, 6.45) is 0. The Morgan fingerprint density at radius 2 is 1.63 bits per heavy atom. The summed E-state index contributed by atoms with van der Waals surface area (Å²) in [7, 11) is 0. The minimum atomic E-state index is -0.421. The van der Waals surface area contributed by atoms with Gasteiger partial charge in [0.25, 0.3) is 0 Å². The molecule has 0 saturated heterocycles. The lowest BCUT2D eigenvalue weighted by molar-refractivity contribution is 0.580. The molecule has 100 valence electrons. The Morgan fingerprint density at radius 1 is 1.05 bits per heavy atom. The molecule has 2 aromatic rings. The van der Waals surface area contributed by atoms with Crippen LogP contribution in [-0.4, -0.2) is 9.97 Å². The maximum absolute atomic E-state index is 13.0. The van der Waals surface area contributed by atoms with Gasteiger partial charge in [0.2, 0.25) is 0 Å². The van der Waals surface area contributed by atoms with Crippen molar-refractivity contribution in [2.45, 2.75) is 33.1 Å². The fourth-order valence-electron chi connectivity index (χ4n) is 1.87. The number of hydrogen-bond acceptors (Lipinski definition) is 2. The molecule has 1 heterocycles. The first-order valence-corrected chi connectivity index (χ1v) is 6.47. The third-order valence-electron chi connectivity index (χ3n) is 3.45. The van der Waals surface area contributed by atoms with Gasteiger partial charge in [-0.25, -0.2) is 14.4 Å². The highest BCUT2D eigenvalue weighted by Gasteiger charge is 2.27. The molecule has 0 bridgehead atoms. The number of rotatable bonds is 2. The molecular weight excluding hydrogens is 263 g/mol. The third-order valence-corrected chi connectivity index (χ3v) is 3.82. The van der Waals surface area contributed by atoms with Crippen LogP contribution in [0, 0.1) is 19.7 Å². The van der Waals surface area contributed by atoms with Crippen LogP contribution in [0.1, 0.15) is 36.5 Å². The van der Waals surface area contributed by atoms with Crippen LogP contribution >= 0.6 is 11.6 Å². The molecule has 0 aliphatic heterocycles. The van der Waals surface area contributed by atoms with Crippen LogP contribution in [0.25, 0.3) is 0 Å². The Hall–Kier alpha value is -1.48. The Labute approximate surface area is 117 Å². The molecule has 0 N–H and O–H groups in total. The zero-order chi connectivity index (χ0) is 14.2. The van der Waals surface area contributed by atoms with Crippen molar-refractivity contribution in [3.8, 4) is 0 Å². The zero-order valence-electron chi connectivity index (χ0n) is 11.5. The van der Waals surface area contributed by atoms with Crippen LogP contribution in [0.4, 0.5) is 4.39 Å². The summed E-state index contributed by atoms with van der Waals surface area (Å²) in [5.74, 6) is 0.394. The van der Waals surface area contributed by atoms with Gasteiger partial charge in [0.1, 0.15) is 16.8 Å². The number of benzene rings is 1. The topological polar surface area (TPSA) is 25.8 Å². The standard InChI is InChI=1S/C15H16ClFN2/c1-9-10(2)18-14(19-13(9)16)15(3,4)11-5-7-12(17)8-6-11/h5-8H,1-4H3. The predicted octanol–water partition coefficient (Wildman–Crippen LogP) is 4.21. The molecular formula is C15H16ClFN2. The third kappa shape index (κ3) is 2.61. The van der Waals surface area contributed by atoms with Crippen molar-refractivity contribution in [2.24, 2.45) is 0 Å². The van der Waals surface area contributed by atoms with E-state index in [0.717, 1.165) is 16.8 Å². The second kappa shape index (κ2) is 4.89. The smallest absolute Gasteiger partial charge is 0.140 e. The van der Waals surface area contributed by atoms with Crippen LogP contribution in [-0.2, 0) is 5.41 Å². The molecule has 0 amide bonds. The van der Waals surface area contributed by atoms with Crippen molar-refractivity contribution < 1.29 is 4.39 Å². The summed E-state index contributed by atoms with van der Waals surface area (Å²) >= 11 is 6.13. The molecule has 0 aliphatic rings. The Balaban J connectivity index is 2.52. The average Bonchev–Trinajstić information content (AvgIpc) is 2.35. The van der Waals surface area contributed by atoms with E-state index in [9.17, 15) is 4.39 Å². The summed E-state index contributed by atoms with van der Waals surface area (Å²) < 4.78 is 13.0. The highest BCUT2D eigenvalue weighted by atomic mass is 35.5. The molecule has 0 atom stereocenters. The molecule has 0 spiro atoms. The monoisotopic (exact) mass is 278 g/mol. The van der Waals surface area contributed by atoms with E-state index in [1.807, 2.05) is 27.7 Å². The van der Waals surface area contributed by atoms with E-state index in [4.69, 9.17) is 11.6 Å². The minimum Gasteiger partial charge on any atom is -0.237 e. The van der Waals surface area contributed by atoms with Gasteiger partial charge in [0.05, 0.1) is 0 Å². The van der Waals surface area contributed by atoms with Crippen molar-refractivity contribution in [2.75, 3.05) is 0 Å². The molecule has 1 aromatic heterocycles. The van der Waals surface area contributed by atoms with Crippen LogP contribution in [0.5, 0.6) is 0 Å². The van der Waals surface area contributed by atoms with Gasteiger partial charge in [-0.05, 0) is 45.4 Å². The number of aryl methyl sites for hydroxylation is 1. The molecule has 4 heteroatoms. The summed E-state index contributed by atoms with van der Waals surface area (Å²) in [4.78, 5) is 8.88. The Morgan fingerprint density at radius 3 is 2.16 bits per heavy atom. The highest BCUT2D eigenvalue weighted by Crippen LogP contribution is 2.30. The summed E-state index contributed by atoms with van der Waals surface area (Å²) in [5, 5.41) is 0.470. The fraction of sp³-hybridized carbons (Fsp3) is 0.333. The molecule has 0 saturated carbocycles. The second-order valence-electron chi connectivity index (χ2n) is 5.18. The number of aromatic nitrogens is 2. The molecule has 0 radical (unpaired) electrons. The Bertz CT molecular complexity index is 583. The normalized spacial score (nSPS) is 11.7. The summed E-state index contributed by atoms with van der Waals surface area (Å²) in [6.45, 7) is 7.81. The van der Waals surface area contributed by atoms with Gasteiger partial charge < -0.3 is 0 Å². The largest absolute Gasteiger partial charge is 0.237 e. The van der Waals surface area contributed by atoms with E-state index in [0.29, 0.717) is 11.0 Å². The van der Waals surface area contributed by atoms with E-state index < -0.39 is 5.41 Å². The van der Waals surface area contributed by atoms with Gasteiger partial charge in [-0.15, -0.1) is 0 Å². The molecule has 0 unspecified atom stereocenters. The van der Waals surface area contributed by atoms with E-state index in [1.165, 1.54) is 12.1 Å². The average molecular weight is 279 g/mol. The van der Waals surface area contributed by atoms with Gasteiger partial charge in [-0.2, -0.15) is 0 Å². The van der Waals surface area contributed by atoms with E-state index in [2.05, 4.69) is 9.97 Å². The molecule has 2 rings (SSSR count). The summed E-state index contributed by atoms with van der Waals surface area (Å²) in [5.41, 5.74) is 2.29. The van der Waals surface area contributed by atoms with Gasteiger partial charge in [0.15, 0.2) is 0 Å². The van der Waals surface area contributed by atoms with Gasteiger partial charge >= 0.3 is 0 Å². The summed E-state index contributed by atoms with van der Waals surface area (Å²) in [6, 6.07) is 6.39. The van der Waals surface area contributed by atoms with E-state index in [1.54, 1.807) is 12.1 Å². The lowest BCUT2D eigenvalue weighted by Gasteiger charge is -2.24. The second-order valence-corrected chi connectivity index (χ2v) is 5.54. The van der Waals surface area contributed by atoms with Crippen LogP contribution < -0.4 is 0 Å². The van der Waals surface area contributed by atoms with Crippen LogP contribution in [0.2, 0.25) is 5.15 Å². The fourth-order valence-corrected chi connectivity index (χ4v) is 2.09. The quantitative estimate of drug-likeness (QED) is 0.769. The van der Waals surface area contributed by atoms with Crippen molar-refractivity contribution in [3.63, 3.8) is 0 Å². The molecule has 0 fully saturated rings. The van der Waals surface area contributed by atoms with Gasteiger partial charge in [-0.3, -0.25) is 0 Å². The zero-order valence-corrected chi connectivity index (χ0v) is 12.2. The van der Waals surface area contributed by atoms with Gasteiger partial charge in [0, 0.05) is 16.7 Å². The maximum Gasteiger partial charge on any atom is 0.140 e. The maximum atomic E-state index is 13.0. The molecule has 0 aliphatic carbocycles. The highest BCUT2D eigenvalue weighted by molar-refractivity contribution is 6.30. The predicted molar refractivity (Wildman–Crippen MR) is 75.0 cm³/mol. The number of nitrogens with zero attached hydrogens (tertiary/aromatic N) is 2. The van der Waals surface area contributed by atoms with Crippen molar-refractivity contribution in [1.82, 2.24) is 9.97 Å². The molecule has 1 aromatic carbocycles. The molecule has 2 nitrogen and oxygen atoms in total. The first-order chi connectivity index (χ1) is 8.82. The van der Waals surface area contributed by atoms with Crippen LogP contribution in [0.3, 0.4) is 0 Å². The first kappa shape index (κ1) is 13.9. The number of halogens is 2.